The highest BCUT2D eigenvalue weighted by atomic mass is 19.2. The Morgan fingerprint density at radius 2 is 1.00 bits per heavy atom. The van der Waals surface area contributed by atoms with Crippen LogP contribution in [0.2, 0.25) is 0 Å². The molecule has 0 aliphatic carbocycles. The Hall–Kier alpha value is -2.53. The zero-order valence-corrected chi connectivity index (χ0v) is 11.0. The second kappa shape index (κ2) is 7.36. The molecule has 0 radical (unpaired) electrons. The predicted molar refractivity (Wildman–Crippen MR) is 63.5 cm³/mol. The highest BCUT2D eigenvalue weighted by molar-refractivity contribution is 6.60. The summed E-state index contributed by atoms with van der Waals surface area (Å²) in [4.78, 5) is 0. The minimum atomic E-state index is -3.14. The smallest absolute Gasteiger partial charge is 0.502 e. The Morgan fingerprint density at radius 1 is 0.583 bits per heavy atom. The molecule has 24 heavy (non-hydrogen) atoms. The van der Waals surface area contributed by atoms with E-state index >= 15 is 0 Å². The number of phenolic OH excluding ortho intramolecular Hbond substituents is 2. The van der Waals surface area contributed by atoms with Gasteiger partial charge in [0.1, 0.15) is 0 Å². The lowest BCUT2D eigenvalue weighted by Gasteiger charge is -2.02. The van der Waals surface area contributed by atoms with Gasteiger partial charge in [0.05, 0.1) is 0 Å². The predicted octanol–water partition coefficient (Wildman–Crippen LogP) is 3.39. The minimum absolute atomic E-state index is 0.458. The Balaban J connectivity index is 0.000000240. The van der Waals surface area contributed by atoms with Gasteiger partial charge in [0.25, 0.3) is 0 Å². The highest BCUT2D eigenvalue weighted by Gasteiger charge is 2.25. The SMILES string of the molecule is FB(F)c1ccc(F)c(F)c1F.Oc1c(O)c(F)c(F)c(F)c1F. The number of aromatic hydroxyl groups is 2. The van der Waals surface area contributed by atoms with Crippen molar-refractivity contribution in [3.63, 3.8) is 0 Å². The first kappa shape index (κ1) is 19.5. The molecule has 0 spiro atoms. The molecule has 0 unspecified atom stereocenters. The number of benzene rings is 2. The van der Waals surface area contributed by atoms with E-state index in [-0.39, 0.29) is 0 Å². The second-order valence-electron chi connectivity index (χ2n) is 4.02. The number of rotatable bonds is 1. The average Bonchev–Trinajstić information content (AvgIpc) is 2.54. The molecule has 0 heterocycles. The molecule has 2 aromatic rings. The van der Waals surface area contributed by atoms with Crippen molar-refractivity contribution in [3.8, 4) is 11.5 Å². The van der Waals surface area contributed by atoms with Crippen molar-refractivity contribution in [1.82, 2.24) is 0 Å². The summed E-state index contributed by atoms with van der Waals surface area (Å²) in [5.74, 6) is -16.8. The van der Waals surface area contributed by atoms with Crippen molar-refractivity contribution >= 4 is 12.7 Å². The van der Waals surface area contributed by atoms with Crippen molar-refractivity contribution in [2.75, 3.05) is 0 Å². The summed E-state index contributed by atoms with van der Waals surface area (Å²) < 4.78 is 109. The molecule has 0 amide bonds. The molecular weight excluding hydrogens is 358 g/mol. The third-order valence-electron chi connectivity index (χ3n) is 2.52. The summed E-state index contributed by atoms with van der Waals surface area (Å²) in [6.07, 6.45) is 0. The number of hydrogen-bond donors (Lipinski definition) is 2. The summed E-state index contributed by atoms with van der Waals surface area (Å²) in [7, 11) is -3.14. The van der Waals surface area contributed by atoms with Crippen LogP contribution in [0.15, 0.2) is 12.1 Å². The molecule has 0 saturated heterocycles. The van der Waals surface area contributed by atoms with E-state index in [0.717, 1.165) is 0 Å². The molecule has 0 aromatic heterocycles. The molecule has 0 bridgehead atoms. The Bertz CT molecular complexity index is 662. The maximum absolute atomic E-state index is 12.4. The average molecular weight is 362 g/mol. The van der Waals surface area contributed by atoms with Gasteiger partial charge in [0, 0.05) is 5.46 Å². The van der Waals surface area contributed by atoms with Gasteiger partial charge >= 0.3 is 7.27 Å². The molecular formula is C12H4BF9O2. The van der Waals surface area contributed by atoms with E-state index in [4.69, 9.17) is 10.2 Å². The fourth-order valence-electron chi connectivity index (χ4n) is 1.32. The summed E-state index contributed by atoms with van der Waals surface area (Å²) in [5.41, 5.74) is -1.13. The van der Waals surface area contributed by atoms with E-state index in [1.54, 1.807) is 0 Å². The molecule has 0 atom stereocenters. The Kier molecular flexibility index (Phi) is 5.99. The molecule has 0 aliphatic rings. The van der Waals surface area contributed by atoms with Crippen LogP contribution in [-0.2, 0) is 0 Å². The van der Waals surface area contributed by atoms with E-state index in [0.29, 0.717) is 12.1 Å². The topological polar surface area (TPSA) is 40.5 Å². The van der Waals surface area contributed by atoms with Gasteiger partial charge in [0.2, 0.25) is 34.8 Å². The molecule has 2 aromatic carbocycles. The maximum Gasteiger partial charge on any atom is 0.575 e. The number of halogens is 9. The Morgan fingerprint density at radius 3 is 1.38 bits per heavy atom. The number of hydrogen-bond acceptors (Lipinski definition) is 2. The molecule has 12 heteroatoms. The monoisotopic (exact) mass is 362 g/mol. The third kappa shape index (κ3) is 3.68. The van der Waals surface area contributed by atoms with E-state index in [1.807, 2.05) is 0 Å². The van der Waals surface area contributed by atoms with Crippen molar-refractivity contribution in [2.45, 2.75) is 0 Å². The summed E-state index contributed by atoms with van der Waals surface area (Å²) in [6, 6.07) is 0.971. The standard InChI is InChI=1S/C6H2BF5.C6H2F4O2/c8-4-2-1-3(7(11)12)5(9)6(4)10;7-1-2(8)4(10)6(12)5(11)3(1)9/h1-2H;11-12H. The van der Waals surface area contributed by atoms with Crippen molar-refractivity contribution < 1.29 is 49.6 Å². The van der Waals surface area contributed by atoms with Gasteiger partial charge in [-0.1, -0.05) is 6.07 Å². The molecule has 2 nitrogen and oxygen atoms in total. The van der Waals surface area contributed by atoms with Crippen LogP contribution in [0.1, 0.15) is 0 Å². The highest BCUT2D eigenvalue weighted by Crippen LogP contribution is 2.34. The molecule has 0 fully saturated rings. The van der Waals surface area contributed by atoms with Gasteiger partial charge in [0.15, 0.2) is 17.5 Å². The first-order valence-electron chi connectivity index (χ1n) is 5.66. The molecule has 2 N–H and O–H groups in total. The maximum atomic E-state index is 12.4. The van der Waals surface area contributed by atoms with E-state index in [1.165, 1.54) is 0 Å². The lowest BCUT2D eigenvalue weighted by molar-refractivity contribution is 0.318. The van der Waals surface area contributed by atoms with Crippen LogP contribution in [0.3, 0.4) is 0 Å². The van der Waals surface area contributed by atoms with Crippen LogP contribution >= 0.6 is 0 Å². The van der Waals surface area contributed by atoms with Gasteiger partial charge in [-0.3, -0.25) is 8.63 Å². The third-order valence-corrected chi connectivity index (χ3v) is 2.52. The van der Waals surface area contributed by atoms with Crippen LogP contribution in [0.5, 0.6) is 11.5 Å². The lowest BCUT2D eigenvalue weighted by atomic mass is 9.85. The van der Waals surface area contributed by atoms with E-state index in [9.17, 15) is 39.4 Å². The van der Waals surface area contributed by atoms with Gasteiger partial charge in [-0.25, -0.2) is 22.0 Å². The summed E-state index contributed by atoms with van der Waals surface area (Å²) in [6.45, 7) is 0. The normalized spacial score (nSPS) is 10.2. The fourth-order valence-corrected chi connectivity index (χ4v) is 1.32. The van der Waals surface area contributed by atoms with Crippen molar-refractivity contribution in [1.29, 1.82) is 0 Å². The second-order valence-corrected chi connectivity index (χ2v) is 4.02. The van der Waals surface area contributed by atoms with Gasteiger partial charge < -0.3 is 10.2 Å². The van der Waals surface area contributed by atoms with Crippen LogP contribution in [0.25, 0.3) is 0 Å². The summed E-state index contributed by atoms with van der Waals surface area (Å²) in [5, 5.41) is 16.8. The van der Waals surface area contributed by atoms with Crippen LogP contribution < -0.4 is 5.46 Å². The van der Waals surface area contributed by atoms with Crippen molar-refractivity contribution in [2.24, 2.45) is 0 Å². The van der Waals surface area contributed by atoms with Crippen LogP contribution in [0, 0.1) is 40.7 Å². The molecule has 0 saturated carbocycles. The first-order valence-corrected chi connectivity index (χ1v) is 5.66. The molecule has 2 rings (SSSR count). The quantitative estimate of drug-likeness (QED) is 0.269. The van der Waals surface area contributed by atoms with Crippen LogP contribution in [0.4, 0.5) is 39.4 Å². The zero-order chi connectivity index (χ0) is 18.8. The number of phenols is 2. The summed E-state index contributed by atoms with van der Waals surface area (Å²) >= 11 is 0. The Labute approximate surface area is 127 Å². The van der Waals surface area contributed by atoms with Gasteiger partial charge in [-0.2, -0.15) is 8.78 Å². The molecule has 130 valence electrons. The van der Waals surface area contributed by atoms with Crippen LogP contribution in [-0.4, -0.2) is 17.5 Å². The first-order chi connectivity index (χ1) is 11.0. The zero-order valence-electron chi connectivity index (χ0n) is 11.0. The van der Waals surface area contributed by atoms with Gasteiger partial charge in [-0.05, 0) is 6.07 Å². The lowest BCUT2D eigenvalue weighted by Crippen LogP contribution is -2.25. The largest absolute Gasteiger partial charge is 0.575 e. The fraction of sp³-hybridized carbons (Fsp3) is 0. The minimum Gasteiger partial charge on any atom is -0.502 e. The molecule has 0 aliphatic heterocycles. The van der Waals surface area contributed by atoms with E-state index in [2.05, 4.69) is 0 Å². The van der Waals surface area contributed by atoms with Crippen molar-refractivity contribution in [3.05, 3.63) is 52.9 Å². The van der Waals surface area contributed by atoms with Gasteiger partial charge in [-0.15, -0.1) is 0 Å². The van der Waals surface area contributed by atoms with E-state index < -0.39 is 64.9 Å².